The largest absolute Gasteiger partial charge is 0.318 e. The highest BCUT2D eigenvalue weighted by molar-refractivity contribution is 4.97. The Bertz CT molecular complexity index is 166. The molecule has 0 aromatic carbocycles. The third-order valence-corrected chi connectivity index (χ3v) is 3.74. The fraction of sp³-hybridized carbons (Fsp3) is 1.00. The Kier molecular flexibility index (Phi) is 5.03. The zero-order valence-corrected chi connectivity index (χ0v) is 10.6. The highest BCUT2D eigenvalue weighted by Gasteiger charge is 2.43. The molecule has 2 rings (SSSR count). The number of piperidine rings is 1. The smallest absolute Gasteiger partial charge is 0.0455 e. The summed E-state index contributed by atoms with van der Waals surface area (Å²) in [7, 11) is 0. The molecule has 0 amide bonds. The maximum absolute atomic E-state index is 5.59. The van der Waals surface area contributed by atoms with Crippen LogP contribution in [0.4, 0.5) is 0 Å². The lowest BCUT2D eigenvalue weighted by molar-refractivity contribution is -0.0439. The number of rotatable bonds is 2. The lowest BCUT2D eigenvalue weighted by Gasteiger charge is -2.53. The van der Waals surface area contributed by atoms with Crippen LogP contribution in [0.25, 0.3) is 0 Å². The van der Waals surface area contributed by atoms with E-state index < -0.39 is 0 Å². The van der Waals surface area contributed by atoms with Crippen molar-refractivity contribution >= 4 is 0 Å². The average molecular weight is 213 g/mol. The van der Waals surface area contributed by atoms with E-state index >= 15 is 0 Å². The molecule has 3 heteroatoms. The van der Waals surface area contributed by atoms with Gasteiger partial charge in [0.05, 0.1) is 0 Å². The highest BCUT2D eigenvalue weighted by atomic mass is 15.3. The lowest BCUT2D eigenvalue weighted by atomic mass is 9.72. The molecule has 0 radical (unpaired) electrons. The van der Waals surface area contributed by atoms with Crippen molar-refractivity contribution in [2.75, 3.05) is 39.4 Å². The van der Waals surface area contributed by atoms with Crippen LogP contribution in [0.15, 0.2) is 0 Å². The fourth-order valence-electron chi connectivity index (χ4n) is 2.69. The maximum Gasteiger partial charge on any atom is 0.0455 e. The molecule has 0 unspecified atom stereocenters. The molecular weight excluding hydrogens is 186 g/mol. The molecule has 2 heterocycles. The van der Waals surface area contributed by atoms with Gasteiger partial charge in [-0.25, -0.2) is 0 Å². The maximum atomic E-state index is 5.59. The van der Waals surface area contributed by atoms with Crippen LogP contribution < -0.4 is 5.73 Å². The van der Waals surface area contributed by atoms with Crippen LogP contribution in [-0.4, -0.2) is 49.2 Å². The summed E-state index contributed by atoms with van der Waals surface area (Å²) in [5, 5.41) is 0. The van der Waals surface area contributed by atoms with Crippen molar-refractivity contribution in [3.05, 3.63) is 0 Å². The topological polar surface area (TPSA) is 32.5 Å². The van der Waals surface area contributed by atoms with E-state index in [1.165, 1.54) is 45.6 Å². The predicted molar refractivity (Wildman–Crippen MR) is 65.8 cm³/mol. The minimum Gasteiger partial charge on any atom is -0.318 e. The zero-order valence-electron chi connectivity index (χ0n) is 10.6. The van der Waals surface area contributed by atoms with Crippen molar-refractivity contribution in [2.45, 2.75) is 33.6 Å². The van der Waals surface area contributed by atoms with E-state index in [1.54, 1.807) is 0 Å². The standard InChI is InChI=1S/C10H21N3.C2H6/c1-2-12-5-3-10(4-6-12)7-13(8-10)9-11;1-2/h2-9,11H2,1H3;1-2H3. The van der Waals surface area contributed by atoms with Gasteiger partial charge in [0.1, 0.15) is 0 Å². The Hall–Kier alpha value is -0.120. The van der Waals surface area contributed by atoms with Crippen LogP contribution in [0.1, 0.15) is 33.6 Å². The summed E-state index contributed by atoms with van der Waals surface area (Å²) in [6.07, 6.45) is 2.77. The summed E-state index contributed by atoms with van der Waals surface area (Å²) in [5.41, 5.74) is 6.25. The predicted octanol–water partition coefficient (Wildman–Crippen LogP) is 1.35. The van der Waals surface area contributed by atoms with E-state index in [-0.39, 0.29) is 0 Å². The molecule has 90 valence electrons. The molecule has 3 nitrogen and oxygen atoms in total. The molecule has 0 aromatic heterocycles. The molecule has 2 fully saturated rings. The van der Waals surface area contributed by atoms with Crippen molar-refractivity contribution in [3.8, 4) is 0 Å². The molecule has 2 N–H and O–H groups in total. The van der Waals surface area contributed by atoms with E-state index in [1.807, 2.05) is 13.8 Å². The van der Waals surface area contributed by atoms with Crippen molar-refractivity contribution in [3.63, 3.8) is 0 Å². The lowest BCUT2D eigenvalue weighted by Crippen LogP contribution is -2.61. The third kappa shape index (κ3) is 2.92. The summed E-state index contributed by atoms with van der Waals surface area (Å²) in [4.78, 5) is 4.90. The van der Waals surface area contributed by atoms with Crippen LogP contribution in [0.3, 0.4) is 0 Å². The van der Waals surface area contributed by atoms with Gasteiger partial charge in [0, 0.05) is 19.8 Å². The minimum atomic E-state index is 0.658. The minimum absolute atomic E-state index is 0.658. The van der Waals surface area contributed by atoms with Gasteiger partial charge >= 0.3 is 0 Å². The van der Waals surface area contributed by atoms with Crippen LogP contribution in [-0.2, 0) is 0 Å². The Balaban J connectivity index is 0.000000531. The fourth-order valence-corrected chi connectivity index (χ4v) is 2.69. The van der Waals surface area contributed by atoms with E-state index in [9.17, 15) is 0 Å². The Labute approximate surface area is 94.6 Å². The quantitative estimate of drug-likeness (QED) is 0.751. The first-order valence-electron chi connectivity index (χ1n) is 6.43. The first kappa shape index (κ1) is 12.9. The summed E-state index contributed by atoms with van der Waals surface area (Å²) in [6.45, 7) is 13.3. The molecule has 0 aromatic rings. The molecule has 0 aliphatic carbocycles. The summed E-state index contributed by atoms with van der Waals surface area (Å²) < 4.78 is 0. The highest BCUT2D eigenvalue weighted by Crippen LogP contribution is 2.39. The molecule has 2 saturated heterocycles. The second-order valence-electron chi connectivity index (χ2n) is 4.60. The monoisotopic (exact) mass is 213 g/mol. The average Bonchev–Trinajstić information content (AvgIpc) is 2.28. The van der Waals surface area contributed by atoms with Crippen LogP contribution >= 0.6 is 0 Å². The van der Waals surface area contributed by atoms with Gasteiger partial charge in [-0.1, -0.05) is 20.8 Å². The van der Waals surface area contributed by atoms with E-state index in [2.05, 4.69) is 16.7 Å². The second kappa shape index (κ2) is 5.83. The first-order chi connectivity index (χ1) is 7.28. The van der Waals surface area contributed by atoms with E-state index in [0.717, 1.165) is 6.67 Å². The van der Waals surface area contributed by atoms with Crippen molar-refractivity contribution in [1.29, 1.82) is 0 Å². The van der Waals surface area contributed by atoms with Gasteiger partial charge in [-0.15, -0.1) is 0 Å². The Morgan fingerprint density at radius 1 is 1.07 bits per heavy atom. The number of hydrogen-bond donors (Lipinski definition) is 1. The van der Waals surface area contributed by atoms with E-state index in [4.69, 9.17) is 5.73 Å². The zero-order chi connectivity index (χ0) is 11.3. The van der Waals surface area contributed by atoms with Crippen molar-refractivity contribution in [2.24, 2.45) is 11.1 Å². The molecule has 0 bridgehead atoms. The Morgan fingerprint density at radius 3 is 2.00 bits per heavy atom. The number of hydrogen-bond acceptors (Lipinski definition) is 3. The second-order valence-corrected chi connectivity index (χ2v) is 4.60. The SMILES string of the molecule is CC.CCN1CCC2(CC1)CN(CN)C2. The van der Waals surface area contributed by atoms with Crippen LogP contribution in [0, 0.1) is 5.41 Å². The molecule has 0 atom stereocenters. The molecule has 2 aliphatic heterocycles. The van der Waals surface area contributed by atoms with Gasteiger partial charge in [0.25, 0.3) is 0 Å². The molecule has 2 aliphatic rings. The van der Waals surface area contributed by atoms with Crippen molar-refractivity contribution in [1.82, 2.24) is 9.80 Å². The van der Waals surface area contributed by atoms with Gasteiger partial charge in [-0.3, -0.25) is 4.90 Å². The molecule has 1 spiro atoms. The third-order valence-electron chi connectivity index (χ3n) is 3.74. The van der Waals surface area contributed by atoms with E-state index in [0.29, 0.717) is 5.41 Å². The number of likely N-dealkylation sites (tertiary alicyclic amines) is 2. The molecule has 0 saturated carbocycles. The number of nitrogens with two attached hydrogens (primary N) is 1. The van der Waals surface area contributed by atoms with Gasteiger partial charge in [0.15, 0.2) is 0 Å². The van der Waals surface area contributed by atoms with Gasteiger partial charge in [-0.05, 0) is 37.9 Å². The molecular formula is C12H27N3. The molecule has 15 heavy (non-hydrogen) atoms. The normalized spacial score (nSPS) is 25.6. The Morgan fingerprint density at radius 2 is 1.60 bits per heavy atom. The van der Waals surface area contributed by atoms with Gasteiger partial charge in [-0.2, -0.15) is 0 Å². The van der Waals surface area contributed by atoms with Crippen LogP contribution in [0.2, 0.25) is 0 Å². The van der Waals surface area contributed by atoms with Gasteiger partial charge < -0.3 is 10.6 Å². The summed E-state index contributed by atoms with van der Waals surface area (Å²) in [5.74, 6) is 0. The first-order valence-corrected chi connectivity index (χ1v) is 6.43. The van der Waals surface area contributed by atoms with Crippen molar-refractivity contribution < 1.29 is 0 Å². The van der Waals surface area contributed by atoms with Gasteiger partial charge in [0.2, 0.25) is 0 Å². The van der Waals surface area contributed by atoms with Crippen LogP contribution in [0.5, 0.6) is 0 Å². The number of nitrogens with zero attached hydrogens (tertiary/aromatic N) is 2. The summed E-state index contributed by atoms with van der Waals surface area (Å²) in [6, 6.07) is 0. The summed E-state index contributed by atoms with van der Waals surface area (Å²) >= 11 is 0.